The van der Waals surface area contributed by atoms with E-state index in [-0.39, 0.29) is 21.7 Å². The third-order valence-corrected chi connectivity index (χ3v) is 17.2. The quantitative estimate of drug-likeness (QED) is 0.101. The van der Waals surface area contributed by atoms with Crippen LogP contribution in [0.1, 0.15) is 105 Å². The molecule has 430 valence electrons. The second kappa shape index (κ2) is 21.7. The molecule has 0 aliphatic rings. The third kappa shape index (κ3) is 11.1. The predicted molar refractivity (Wildman–Crippen MR) is 364 cm³/mol. The van der Waals surface area contributed by atoms with Crippen molar-refractivity contribution in [2.45, 2.75) is 105 Å². The maximum Gasteiger partial charge on any atom is 0.269 e. The van der Waals surface area contributed by atoms with Gasteiger partial charge in [-0.25, -0.2) is 4.98 Å². The van der Waals surface area contributed by atoms with Crippen LogP contribution in [0.5, 0.6) is 11.5 Å². The van der Waals surface area contributed by atoms with Gasteiger partial charge in [-0.3, -0.25) is 13.7 Å². The molecule has 5 nitrogen and oxygen atoms in total. The number of aromatic nitrogens is 4. The summed E-state index contributed by atoms with van der Waals surface area (Å²) in [6.07, 6.45) is 5.88. The van der Waals surface area contributed by atoms with Gasteiger partial charge in [0.05, 0.1) is 33.4 Å². The predicted octanol–water partition coefficient (Wildman–Crippen LogP) is 21.5. The number of hydrogen-bond donors (Lipinski definition) is 0. The zero-order valence-electron chi connectivity index (χ0n) is 52.3. The van der Waals surface area contributed by atoms with E-state index in [0.29, 0.717) is 5.75 Å². The van der Waals surface area contributed by atoms with Crippen LogP contribution in [0.3, 0.4) is 0 Å². The second-order valence-corrected chi connectivity index (χ2v) is 27.6. The first kappa shape index (κ1) is 56.5. The Bertz CT molecular complexity index is 4510. The average molecular weight is 1130 g/mol. The molecule has 3 aromatic heterocycles. The molecule has 0 aliphatic carbocycles. The van der Waals surface area contributed by atoms with E-state index in [0.717, 1.165) is 89.2 Å². The highest BCUT2D eigenvalue weighted by Crippen LogP contribution is 2.42. The van der Waals surface area contributed by atoms with Gasteiger partial charge in [0.25, 0.3) is 6.33 Å². The van der Waals surface area contributed by atoms with E-state index in [1.165, 1.54) is 44.5 Å². The maximum atomic E-state index is 6.90. The van der Waals surface area contributed by atoms with Crippen molar-refractivity contribution < 1.29 is 9.30 Å². The van der Waals surface area contributed by atoms with E-state index in [2.05, 4.69) is 340 Å². The van der Waals surface area contributed by atoms with Gasteiger partial charge in [-0.15, -0.1) is 0 Å². The average Bonchev–Trinajstić information content (AvgIpc) is 1.94. The number of fused-ring (bicyclic) bond motifs is 4. The highest BCUT2D eigenvalue weighted by molar-refractivity contribution is 6.09. The fourth-order valence-electron chi connectivity index (χ4n) is 12.1. The Morgan fingerprint density at radius 1 is 0.356 bits per heavy atom. The summed E-state index contributed by atoms with van der Waals surface area (Å²) in [6, 6.07) is 85.7. The van der Waals surface area contributed by atoms with Crippen LogP contribution in [0.25, 0.3) is 106 Å². The summed E-state index contributed by atoms with van der Waals surface area (Å²) in [4.78, 5) is 5.35. The monoisotopic (exact) mass is 1130 g/mol. The molecule has 0 radical (unpaired) electrons. The van der Waals surface area contributed by atoms with E-state index >= 15 is 0 Å². The van der Waals surface area contributed by atoms with Crippen LogP contribution in [0, 0.1) is 6.33 Å². The summed E-state index contributed by atoms with van der Waals surface area (Å²) in [5.74, 6) is 2.26. The maximum absolute atomic E-state index is 6.90. The standard InChI is InChI=1S/C82H76N4O/c1-79(2,3)62-44-60(45-63(48-62)80(4,5)6)58-41-57(42-59(43-58)61-46-64(81(7,8)9)49-65(47-61)82(10,11)12)56-37-40-77(83-52-56)86-73-34-20-19-31-71(73)72-39-38-68(51-76(72)86)87-67-30-23-29-66(50-67)84-53-85(75-36-22-21-35-74(75)84)78-69(54-25-15-13-16-26-54)32-24-33-70(78)55-27-17-14-18-28-55/h13-52H,1-12H3. The summed E-state index contributed by atoms with van der Waals surface area (Å²) < 4.78 is 13.5. The lowest BCUT2D eigenvalue weighted by Crippen LogP contribution is -2.31. The molecule has 0 atom stereocenters. The first-order valence-electron chi connectivity index (χ1n) is 30.6. The lowest BCUT2D eigenvalue weighted by atomic mass is 9.78. The number of pyridine rings is 1. The third-order valence-electron chi connectivity index (χ3n) is 17.2. The fourth-order valence-corrected chi connectivity index (χ4v) is 12.1. The molecule has 0 bridgehead atoms. The first-order valence-corrected chi connectivity index (χ1v) is 30.6. The molecule has 0 spiro atoms. The normalized spacial score (nSPS) is 12.4. The van der Waals surface area contributed by atoms with Gasteiger partial charge in [-0.2, -0.15) is 0 Å². The summed E-state index contributed by atoms with van der Waals surface area (Å²) >= 11 is 0. The van der Waals surface area contributed by atoms with Crippen LogP contribution < -0.4 is 9.30 Å². The van der Waals surface area contributed by atoms with Gasteiger partial charge < -0.3 is 4.74 Å². The Morgan fingerprint density at radius 3 is 1.37 bits per heavy atom. The molecule has 0 saturated heterocycles. The number of ether oxygens (including phenoxy) is 1. The minimum absolute atomic E-state index is 0.0303. The van der Waals surface area contributed by atoms with Crippen LogP contribution in [0.15, 0.2) is 243 Å². The summed E-state index contributed by atoms with van der Waals surface area (Å²) in [6.45, 7) is 27.8. The van der Waals surface area contributed by atoms with E-state index in [1.807, 2.05) is 6.07 Å². The SMILES string of the molecule is CC(C)(C)c1cc(-c2cc(-c3ccc(-n4c5ccccc5c5ccc(Oc6cccc(-n7[c-][n+](-c8c(-c9ccccc9)cccc8-c8ccccc8)c8ccccc87)c6)cc54)nc3)cc(-c3cc(C(C)(C)C)cc(C(C)(C)C)c3)c2)cc(C(C)(C)C)c1. The van der Waals surface area contributed by atoms with Gasteiger partial charge in [-0.05, 0) is 161 Å². The molecule has 13 rings (SSSR count). The molecule has 0 N–H and O–H groups in total. The van der Waals surface area contributed by atoms with Crippen LogP contribution >= 0.6 is 0 Å². The number of imidazole rings is 1. The molecule has 3 heterocycles. The minimum atomic E-state index is -0.0303. The van der Waals surface area contributed by atoms with Crippen molar-refractivity contribution in [2.24, 2.45) is 0 Å². The van der Waals surface area contributed by atoms with Gasteiger partial charge in [-0.1, -0.05) is 247 Å². The smallest absolute Gasteiger partial charge is 0.269 e. The fraction of sp³-hybridized carbons (Fsp3) is 0.195. The number of hydrogen-bond acceptors (Lipinski definition) is 2. The van der Waals surface area contributed by atoms with E-state index in [1.54, 1.807) is 0 Å². The van der Waals surface area contributed by atoms with Crippen molar-refractivity contribution in [1.29, 1.82) is 0 Å². The number of para-hydroxylation sites is 4. The lowest BCUT2D eigenvalue weighted by Gasteiger charge is -2.27. The zero-order chi connectivity index (χ0) is 60.6. The van der Waals surface area contributed by atoms with Gasteiger partial charge >= 0.3 is 0 Å². The molecule has 0 fully saturated rings. The van der Waals surface area contributed by atoms with Crippen molar-refractivity contribution in [2.75, 3.05) is 0 Å². The summed E-state index contributed by atoms with van der Waals surface area (Å²) in [7, 11) is 0. The molecule has 87 heavy (non-hydrogen) atoms. The van der Waals surface area contributed by atoms with Crippen LogP contribution in [-0.2, 0) is 21.7 Å². The minimum Gasteiger partial charge on any atom is -0.458 e. The van der Waals surface area contributed by atoms with Crippen molar-refractivity contribution in [3.8, 4) is 84.3 Å². The molecule has 0 unspecified atom stereocenters. The van der Waals surface area contributed by atoms with Gasteiger partial charge in [0.15, 0.2) is 0 Å². The van der Waals surface area contributed by atoms with Gasteiger partial charge in [0.1, 0.15) is 17.3 Å². The van der Waals surface area contributed by atoms with Crippen molar-refractivity contribution in [3.05, 3.63) is 271 Å². The summed E-state index contributed by atoms with van der Waals surface area (Å²) in [5, 5.41) is 2.27. The van der Waals surface area contributed by atoms with Crippen LogP contribution in [0.2, 0.25) is 0 Å². The number of rotatable bonds is 10. The molecular formula is C82H76N4O. The van der Waals surface area contributed by atoms with Gasteiger partial charge in [0, 0.05) is 28.6 Å². The van der Waals surface area contributed by atoms with Crippen molar-refractivity contribution in [1.82, 2.24) is 14.1 Å². The Hall–Kier alpha value is -9.58. The lowest BCUT2D eigenvalue weighted by molar-refractivity contribution is -0.571. The molecule has 0 saturated carbocycles. The molecule has 5 heteroatoms. The highest BCUT2D eigenvalue weighted by Gasteiger charge is 2.26. The van der Waals surface area contributed by atoms with Crippen LogP contribution in [-0.4, -0.2) is 14.1 Å². The molecule has 0 amide bonds. The second-order valence-electron chi connectivity index (χ2n) is 27.6. The highest BCUT2D eigenvalue weighted by atomic mass is 16.5. The van der Waals surface area contributed by atoms with E-state index in [9.17, 15) is 0 Å². The van der Waals surface area contributed by atoms with E-state index in [4.69, 9.17) is 9.72 Å². The molecule has 0 aliphatic heterocycles. The molecule has 10 aromatic carbocycles. The Kier molecular flexibility index (Phi) is 14.1. The Balaban J connectivity index is 0.890. The number of benzene rings is 10. The van der Waals surface area contributed by atoms with Crippen LogP contribution in [0.4, 0.5) is 0 Å². The van der Waals surface area contributed by atoms with Crippen molar-refractivity contribution >= 4 is 32.8 Å². The Morgan fingerprint density at radius 2 is 0.828 bits per heavy atom. The number of nitrogens with zero attached hydrogens (tertiary/aromatic N) is 4. The zero-order valence-corrected chi connectivity index (χ0v) is 52.3. The van der Waals surface area contributed by atoms with Crippen molar-refractivity contribution in [3.63, 3.8) is 0 Å². The van der Waals surface area contributed by atoms with Gasteiger partial charge in [0.2, 0.25) is 0 Å². The molecular weight excluding hydrogens is 1060 g/mol. The molecule has 13 aromatic rings. The topological polar surface area (TPSA) is 35.9 Å². The first-order chi connectivity index (χ1) is 41.6. The Labute approximate surface area is 513 Å². The largest absolute Gasteiger partial charge is 0.458 e. The summed E-state index contributed by atoms with van der Waals surface area (Å²) in [5.41, 5.74) is 22.9. The van der Waals surface area contributed by atoms with E-state index < -0.39 is 0 Å².